The number of benzene rings is 2. The van der Waals surface area contributed by atoms with Crippen molar-refractivity contribution in [1.82, 2.24) is 0 Å². The van der Waals surface area contributed by atoms with Gasteiger partial charge in [-0.2, -0.15) is 0 Å². The molecular weight excluding hydrogens is 352 g/mol. The van der Waals surface area contributed by atoms with E-state index in [2.05, 4.69) is 0 Å². The molecular formula is C16H18O2Te. The fraction of sp³-hybridized carbons (Fsp3) is 0.250. The van der Waals surface area contributed by atoms with Gasteiger partial charge in [0, 0.05) is 23.7 Å². The van der Waals surface area contributed by atoms with Crippen molar-refractivity contribution in [2.75, 3.05) is 0 Å². The minimum atomic E-state index is -0.896. The first-order valence-electron chi connectivity index (χ1n) is 6.08. The summed E-state index contributed by atoms with van der Waals surface area (Å²) in [6.07, 6.45) is -1.79. The second-order valence-corrected chi connectivity index (χ2v) is 4.60. The monoisotopic (exact) mass is 372 g/mol. The standard InChI is InChI=1S/C16H18O2.Te/c1-11-7-3-5-9-13(11)15(17)16(18)14-10-6-4-8-12(14)2;/h3-10,15-18H,1-2H3;. The van der Waals surface area contributed by atoms with Crippen LogP contribution in [-0.4, -0.2) is 33.9 Å². The molecule has 100 valence electrons. The van der Waals surface area contributed by atoms with Gasteiger partial charge >= 0.3 is 0 Å². The van der Waals surface area contributed by atoms with Crippen LogP contribution in [-0.2, 0) is 0 Å². The maximum absolute atomic E-state index is 10.3. The van der Waals surface area contributed by atoms with Gasteiger partial charge in [0.25, 0.3) is 0 Å². The molecule has 2 rings (SSSR count). The maximum Gasteiger partial charge on any atom is 0.109 e. The number of aliphatic hydroxyl groups excluding tert-OH is 2. The first-order chi connectivity index (χ1) is 8.61. The second kappa shape index (κ2) is 7.07. The summed E-state index contributed by atoms with van der Waals surface area (Å²) >= 11 is 0. The van der Waals surface area contributed by atoms with E-state index in [1.165, 1.54) is 0 Å². The zero-order chi connectivity index (χ0) is 13.1. The third-order valence-electron chi connectivity index (χ3n) is 3.31. The van der Waals surface area contributed by atoms with Crippen molar-refractivity contribution in [3.8, 4) is 0 Å². The first kappa shape index (κ1) is 16.2. The van der Waals surface area contributed by atoms with Gasteiger partial charge in [-0.3, -0.25) is 0 Å². The molecule has 2 unspecified atom stereocenters. The van der Waals surface area contributed by atoms with Crippen LogP contribution in [0.5, 0.6) is 0 Å². The zero-order valence-electron chi connectivity index (χ0n) is 11.1. The predicted molar refractivity (Wildman–Crippen MR) is 78.0 cm³/mol. The Morgan fingerprint density at radius 2 is 1.00 bits per heavy atom. The first-order valence-corrected chi connectivity index (χ1v) is 6.08. The smallest absolute Gasteiger partial charge is 0.109 e. The molecule has 0 aliphatic rings. The molecule has 0 amide bonds. The maximum atomic E-state index is 10.3. The van der Waals surface area contributed by atoms with Gasteiger partial charge in [-0.25, -0.2) is 0 Å². The molecule has 2 atom stereocenters. The van der Waals surface area contributed by atoms with Gasteiger partial charge in [0.2, 0.25) is 0 Å². The fourth-order valence-corrected chi connectivity index (χ4v) is 2.18. The Labute approximate surface area is 130 Å². The second-order valence-electron chi connectivity index (χ2n) is 4.60. The van der Waals surface area contributed by atoms with Crippen molar-refractivity contribution in [3.05, 3.63) is 70.8 Å². The molecule has 0 saturated heterocycles. The molecule has 0 saturated carbocycles. The summed E-state index contributed by atoms with van der Waals surface area (Å²) in [5, 5.41) is 20.6. The van der Waals surface area contributed by atoms with Gasteiger partial charge < -0.3 is 10.2 Å². The molecule has 2 radical (unpaired) electrons. The molecule has 0 spiro atoms. The Hall–Kier alpha value is -0.850. The van der Waals surface area contributed by atoms with Crippen LogP contribution in [0.3, 0.4) is 0 Å². The van der Waals surface area contributed by atoms with E-state index in [-0.39, 0.29) is 23.7 Å². The molecule has 0 aromatic heterocycles. The van der Waals surface area contributed by atoms with E-state index in [1.807, 2.05) is 62.4 Å². The Balaban J connectivity index is 0.00000180. The van der Waals surface area contributed by atoms with Crippen molar-refractivity contribution in [3.63, 3.8) is 0 Å². The van der Waals surface area contributed by atoms with Gasteiger partial charge in [-0.1, -0.05) is 48.5 Å². The van der Waals surface area contributed by atoms with Crippen LogP contribution < -0.4 is 0 Å². The molecule has 0 aliphatic carbocycles. The normalized spacial score (nSPS) is 13.5. The average Bonchev–Trinajstić information content (AvgIpc) is 2.38. The summed E-state index contributed by atoms with van der Waals surface area (Å²) in [5.74, 6) is 0. The Bertz CT molecular complexity index is 490. The molecule has 3 heteroatoms. The summed E-state index contributed by atoms with van der Waals surface area (Å²) in [4.78, 5) is 0. The third kappa shape index (κ3) is 3.58. The van der Waals surface area contributed by atoms with Crippen LogP contribution in [0.25, 0.3) is 0 Å². The average molecular weight is 370 g/mol. The minimum Gasteiger partial charge on any atom is -0.385 e. The fourth-order valence-electron chi connectivity index (χ4n) is 2.18. The van der Waals surface area contributed by atoms with Crippen LogP contribution in [0.2, 0.25) is 0 Å². The zero-order valence-corrected chi connectivity index (χ0v) is 13.4. The Morgan fingerprint density at radius 3 is 1.32 bits per heavy atom. The third-order valence-corrected chi connectivity index (χ3v) is 3.31. The van der Waals surface area contributed by atoms with Crippen molar-refractivity contribution in [2.45, 2.75) is 26.1 Å². The summed E-state index contributed by atoms with van der Waals surface area (Å²) in [7, 11) is 0. The topological polar surface area (TPSA) is 40.5 Å². The number of aliphatic hydroxyl groups is 2. The number of hydrogen-bond acceptors (Lipinski definition) is 2. The van der Waals surface area contributed by atoms with E-state index < -0.39 is 12.2 Å². The van der Waals surface area contributed by atoms with Crippen LogP contribution >= 0.6 is 0 Å². The van der Waals surface area contributed by atoms with Gasteiger partial charge in [0.05, 0.1) is 0 Å². The Kier molecular flexibility index (Phi) is 6.03. The number of rotatable bonds is 3. The van der Waals surface area contributed by atoms with Gasteiger partial charge in [-0.15, -0.1) is 0 Å². The summed E-state index contributed by atoms with van der Waals surface area (Å²) in [5.41, 5.74) is 3.51. The van der Waals surface area contributed by atoms with Crippen molar-refractivity contribution in [1.29, 1.82) is 0 Å². The van der Waals surface area contributed by atoms with Gasteiger partial charge in [0.15, 0.2) is 0 Å². The van der Waals surface area contributed by atoms with E-state index >= 15 is 0 Å². The summed E-state index contributed by atoms with van der Waals surface area (Å²) < 4.78 is 0. The molecule has 0 heterocycles. The molecule has 0 bridgehead atoms. The quantitative estimate of drug-likeness (QED) is 0.817. The van der Waals surface area contributed by atoms with E-state index in [0.29, 0.717) is 0 Å². The van der Waals surface area contributed by atoms with E-state index in [1.54, 1.807) is 0 Å². The largest absolute Gasteiger partial charge is 0.385 e. The van der Waals surface area contributed by atoms with Crippen molar-refractivity contribution >= 4 is 23.7 Å². The molecule has 2 aromatic rings. The summed E-state index contributed by atoms with van der Waals surface area (Å²) in [6, 6.07) is 15.2. The van der Waals surface area contributed by atoms with Crippen LogP contribution in [0.1, 0.15) is 34.5 Å². The Morgan fingerprint density at radius 1 is 0.684 bits per heavy atom. The molecule has 0 fully saturated rings. The number of aryl methyl sites for hydroxylation is 2. The minimum absolute atomic E-state index is 0. The van der Waals surface area contributed by atoms with Crippen LogP contribution in [0.15, 0.2) is 48.5 Å². The van der Waals surface area contributed by atoms with Gasteiger partial charge in [0.1, 0.15) is 12.2 Å². The van der Waals surface area contributed by atoms with Crippen LogP contribution in [0.4, 0.5) is 0 Å². The molecule has 19 heavy (non-hydrogen) atoms. The van der Waals surface area contributed by atoms with E-state index in [9.17, 15) is 10.2 Å². The van der Waals surface area contributed by atoms with Gasteiger partial charge in [-0.05, 0) is 36.1 Å². The van der Waals surface area contributed by atoms with E-state index in [0.717, 1.165) is 22.3 Å². The molecule has 2 nitrogen and oxygen atoms in total. The molecule has 2 aromatic carbocycles. The van der Waals surface area contributed by atoms with E-state index in [4.69, 9.17) is 0 Å². The summed E-state index contributed by atoms with van der Waals surface area (Å²) in [6.45, 7) is 3.87. The molecule has 0 aliphatic heterocycles. The SMILES string of the molecule is Cc1ccccc1C(O)C(O)c1ccccc1C.[Te]. The van der Waals surface area contributed by atoms with Crippen molar-refractivity contribution < 1.29 is 10.2 Å². The van der Waals surface area contributed by atoms with Crippen molar-refractivity contribution in [2.24, 2.45) is 0 Å². The molecule has 2 N–H and O–H groups in total. The number of hydrogen-bond donors (Lipinski definition) is 2. The van der Waals surface area contributed by atoms with Crippen LogP contribution in [0, 0.1) is 13.8 Å². The predicted octanol–water partition coefficient (Wildman–Crippen LogP) is 2.69.